The topological polar surface area (TPSA) is 44.8 Å². The number of likely N-dealkylation sites (N-methyl/N-ethyl adjacent to an activating group) is 1. The Bertz CT molecular complexity index is 261. The molecule has 1 amide bonds. The summed E-state index contributed by atoms with van der Waals surface area (Å²) in [4.78, 5) is 16.0. The van der Waals surface area contributed by atoms with Gasteiger partial charge >= 0.3 is 6.09 Å². The molecular formula is C12H25N3O2. The number of nitrogens with one attached hydrogen (secondary N) is 1. The number of carbonyl (C=O) groups excluding carboxylic acids is 1. The van der Waals surface area contributed by atoms with E-state index in [4.69, 9.17) is 4.74 Å². The number of rotatable bonds is 2. The zero-order valence-electron chi connectivity index (χ0n) is 11.6. The van der Waals surface area contributed by atoms with E-state index in [2.05, 4.69) is 10.2 Å². The van der Waals surface area contributed by atoms with Gasteiger partial charge in [-0.1, -0.05) is 0 Å². The maximum Gasteiger partial charge on any atom is 0.410 e. The summed E-state index contributed by atoms with van der Waals surface area (Å²) in [6, 6.07) is 0.189. The monoisotopic (exact) mass is 243 g/mol. The second-order valence-corrected chi connectivity index (χ2v) is 5.79. The highest BCUT2D eigenvalue weighted by Crippen LogP contribution is 2.13. The minimum absolute atomic E-state index is 0.189. The van der Waals surface area contributed by atoms with Crippen LogP contribution in [0.25, 0.3) is 0 Å². The van der Waals surface area contributed by atoms with Crippen LogP contribution in [-0.4, -0.2) is 67.8 Å². The Labute approximate surface area is 104 Å². The van der Waals surface area contributed by atoms with Crippen LogP contribution in [0.1, 0.15) is 20.8 Å². The van der Waals surface area contributed by atoms with Gasteiger partial charge in [-0.15, -0.1) is 0 Å². The fourth-order valence-corrected chi connectivity index (χ4v) is 1.91. The van der Waals surface area contributed by atoms with Gasteiger partial charge in [0, 0.05) is 26.2 Å². The second-order valence-electron chi connectivity index (χ2n) is 5.79. The summed E-state index contributed by atoms with van der Waals surface area (Å²) in [5.41, 5.74) is -0.426. The third kappa shape index (κ3) is 4.91. The highest BCUT2D eigenvalue weighted by atomic mass is 16.6. The summed E-state index contributed by atoms with van der Waals surface area (Å²) >= 11 is 0. The van der Waals surface area contributed by atoms with E-state index in [0.29, 0.717) is 6.54 Å². The lowest BCUT2D eigenvalue weighted by Crippen LogP contribution is -2.57. The molecule has 1 heterocycles. The summed E-state index contributed by atoms with van der Waals surface area (Å²) in [7, 11) is 4.03. The molecule has 1 aliphatic rings. The van der Waals surface area contributed by atoms with E-state index in [1.165, 1.54) is 0 Å². The first-order valence-electron chi connectivity index (χ1n) is 6.14. The van der Waals surface area contributed by atoms with E-state index >= 15 is 0 Å². The fraction of sp³-hybridized carbons (Fsp3) is 0.917. The molecule has 1 unspecified atom stereocenters. The van der Waals surface area contributed by atoms with Gasteiger partial charge in [-0.3, -0.25) is 0 Å². The summed E-state index contributed by atoms with van der Waals surface area (Å²) < 4.78 is 5.43. The summed E-state index contributed by atoms with van der Waals surface area (Å²) in [6.45, 7) is 8.93. The zero-order chi connectivity index (χ0) is 13.1. The zero-order valence-corrected chi connectivity index (χ0v) is 11.6. The van der Waals surface area contributed by atoms with Crippen LogP contribution in [0.2, 0.25) is 0 Å². The lowest BCUT2D eigenvalue weighted by Gasteiger charge is -2.38. The van der Waals surface area contributed by atoms with Gasteiger partial charge in [-0.2, -0.15) is 0 Å². The molecule has 0 aromatic rings. The van der Waals surface area contributed by atoms with Crippen molar-refractivity contribution in [1.82, 2.24) is 15.1 Å². The molecule has 1 aliphatic heterocycles. The highest BCUT2D eigenvalue weighted by molar-refractivity contribution is 5.68. The van der Waals surface area contributed by atoms with Crippen LogP contribution in [0.5, 0.6) is 0 Å². The molecule has 1 N–H and O–H groups in total. The Balaban J connectivity index is 2.61. The molecule has 0 aromatic carbocycles. The minimum Gasteiger partial charge on any atom is -0.444 e. The quantitative estimate of drug-likeness (QED) is 0.777. The first kappa shape index (κ1) is 14.3. The van der Waals surface area contributed by atoms with Crippen molar-refractivity contribution in [3.05, 3.63) is 0 Å². The van der Waals surface area contributed by atoms with Crippen LogP contribution < -0.4 is 5.32 Å². The normalized spacial score (nSPS) is 21.8. The van der Waals surface area contributed by atoms with E-state index in [0.717, 1.165) is 19.6 Å². The lowest BCUT2D eigenvalue weighted by atomic mass is 10.2. The van der Waals surface area contributed by atoms with Gasteiger partial charge < -0.3 is 19.9 Å². The maximum atomic E-state index is 12.1. The van der Waals surface area contributed by atoms with E-state index < -0.39 is 5.60 Å². The van der Waals surface area contributed by atoms with Gasteiger partial charge in [0.1, 0.15) is 5.60 Å². The second kappa shape index (κ2) is 5.69. The van der Waals surface area contributed by atoms with Gasteiger partial charge in [0.15, 0.2) is 0 Å². The standard InChI is InChI=1S/C12H25N3O2/c1-12(2,3)17-11(16)15-7-6-13-8-10(15)9-14(4)5/h10,13H,6-9H2,1-5H3. The summed E-state index contributed by atoms with van der Waals surface area (Å²) in [5.74, 6) is 0. The molecule has 1 fully saturated rings. The van der Waals surface area contributed by atoms with Crippen molar-refractivity contribution < 1.29 is 9.53 Å². The molecule has 5 heteroatoms. The molecule has 0 spiro atoms. The van der Waals surface area contributed by atoms with Crippen molar-refractivity contribution in [3.63, 3.8) is 0 Å². The number of piperazine rings is 1. The summed E-state index contributed by atoms with van der Waals surface area (Å²) in [5, 5.41) is 3.31. The molecule has 0 radical (unpaired) electrons. The Kier molecular flexibility index (Phi) is 4.77. The van der Waals surface area contributed by atoms with Crippen molar-refractivity contribution in [3.8, 4) is 0 Å². The van der Waals surface area contributed by atoms with Crippen molar-refractivity contribution in [2.75, 3.05) is 40.3 Å². The van der Waals surface area contributed by atoms with Crippen molar-refractivity contribution >= 4 is 6.09 Å². The van der Waals surface area contributed by atoms with Crippen LogP contribution in [0.15, 0.2) is 0 Å². The van der Waals surface area contributed by atoms with Crippen LogP contribution in [0, 0.1) is 0 Å². The van der Waals surface area contributed by atoms with Crippen LogP contribution in [0.3, 0.4) is 0 Å². The predicted molar refractivity (Wildman–Crippen MR) is 68.2 cm³/mol. The predicted octanol–water partition coefficient (Wildman–Crippen LogP) is 0.757. The third-order valence-electron chi connectivity index (χ3n) is 2.55. The third-order valence-corrected chi connectivity index (χ3v) is 2.55. The van der Waals surface area contributed by atoms with E-state index in [1.54, 1.807) is 0 Å². The molecule has 5 nitrogen and oxygen atoms in total. The van der Waals surface area contributed by atoms with E-state index in [-0.39, 0.29) is 12.1 Å². The van der Waals surface area contributed by atoms with Crippen molar-refractivity contribution in [1.29, 1.82) is 0 Å². The first-order chi connectivity index (χ1) is 7.79. The smallest absolute Gasteiger partial charge is 0.410 e. The van der Waals surface area contributed by atoms with Gasteiger partial charge in [-0.05, 0) is 34.9 Å². The molecule has 0 aliphatic carbocycles. The summed E-state index contributed by atoms with van der Waals surface area (Å²) in [6.07, 6.45) is -0.203. The lowest BCUT2D eigenvalue weighted by molar-refractivity contribution is 0.00944. The Morgan fingerprint density at radius 1 is 1.47 bits per heavy atom. The number of amides is 1. The fourth-order valence-electron chi connectivity index (χ4n) is 1.91. The van der Waals surface area contributed by atoms with Gasteiger partial charge in [0.2, 0.25) is 0 Å². The average molecular weight is 243 g/mol. The Hall–Kier alpha value is -0.810. The van der Waals surface area contributed by atoms with Crippen LogP contribution in [-0.2, 0) is 4.74 Å². The van der Waals surface area contributed by atoms with Crippen molar-refractivity contribution in [2.45, 2.75) is 32.4 Å². The largest absolute Gasteiger partial charge is 0.444 e. The highest BCUT2D eigenvalue weighted by Gasteiger charge is 2.30. The number of nitrogens with zero attached hydrogens (tertiary/aromatic N) is 2. The van der Waals surface area contributed by atoms with Crippen LogP contribution >= 0.6 is 0 Å². The molecule has 1 rings (SSSR count). The molecule has 0 saturated carbocycles. The molecule has 0 bridgehead atoms. The molecule has 17 heavy (non-hydrogen) atoms. The Morgan fingerprint density at radius 3 is 2.65 bits per heavy atom. The van der Waals surface area contributed by atoms with Crippen molar-refractivity contribution in [2.24, 2.45) is 0 Å². The molecule has 1 saturated heterocycles. The van der Waals surface area contributed by atoms with Gasteiger partial charge in [0.25, 0.3) is 0 Å². The maximum absolute atomic E-state index is 12.1. The molecule has 0 aromatic heterocycles. The average Bonchev–Trinajstić information content (AvgIpc) is 2.14. The van der Waals surface area contributed by atoms with Crippen LogP contribution in [0.4, 0.5) is 4.79 Å². The SMILES string of the molecule is CN(C)CC1CNCCN1C(=O)OC(C)(C)C. The van der Waals surface area contributed by atoms with E-state index in [9.17, 15) is 4.79 Å². The van der Waals surface area contributed by atoms with Gasteiger partial charge in [0.05, 0.1) is 6.04 Å². The minimum atomic E-state index is -0.426. The van der Waals surface area contributed by atoms with Gasteiger partial charge in [-0.25, -0.2) is 4.79 Å². The van der Waals surface area contributed by atoms with E-state index in [1.807, 2.05) is 39.8 Å². The number of carbonyl (C=O) groups is 1. The number of hydrogen-bond donors (Lipinski definition) is 1. The first-order valence-corrected chi connectivity index (χ1v) is 6.14. The molecule has 100 valence electrons. The molecule has 1 atom stereocenters. The number of ether oxygens (including phenoxy) is 1. The number of hydrogen-bond acceptors (Lipinski definition) is 4. The Morgan fingerprint density at radius 2 is 2.12 bits per heavy atom. The molecular weight excluding hydrogens is 218 g/mol.